The standard InChI is InChI=1S/C6H6N3P/c1-5(10)6(2-7,3-8)4-9/h5H,10H2,1H3. The van der Waals surface area contributed by atoms with E-state index in [1.807, 2.05) is 0 Å². The van der Waals surface area contributed by atoms with Crippen LogP contribution in [0.15, 0.2) is 0 Å². The monoisotopic (exact) mass is 151 g/mol. The highest BCUT2D eigenvalue weighted by atomic mass is 31.0. The lowest BCUT2D eigenvalue weighted by atomic mass is 9.90. The summed E-state index contributed by atoms with van der Waals surface area (Å²) in [5.74, 6) is 0. The minimum atomic E-state index is -1.50. The van der Waals surface area contributed by atoms with Gasteiger partial charge in [0, 0.05) is 5.66 Å². The van der Waals surface area contributed by atoms with E-state index in [1.54, 1.807) is 25.1 Å². The zero-order chi connectivity index (χ0) is 8.20. The van der Waals surface area contributed by atoms with E-state index in [0.29, 0.717) is 0 Å². The van der Waals surface area contributed by atoms with E-state index >= 15 is 0 Å². The largest absolute Gasteiger partial charge is 0.234 e. The average molecular weight is 151 g/mol. The highest BCUT2D eigenvalue weighted by molar-refractivity contribution is 7.17. The molecule has 0 saturated carbocycles. The first-order valence-electron chi connectivity index (χ1n) is 2.62. The van der Waals surface area contributed by atoms with Crippen molar-refractivity contribution in [3.63, 3.8) is 0 Å². The van der Waals surface area contributed by atoms with E-state index < -0.39 is 5.41 Å². The van der Waals surface area contributed by atoms with E-state index in [1.165, 1.54) is 0 Å². The molecule has 2 unspecified atom stereocenters. The van der Waals surface area contributed by atoms with Crippen LogP contribution in [-0.4, -0.2) is 5.66 Å². The molecule has 0 radical (unpaired) electrons. The second kappa shape index (κ2) is 3.17. The minimum absolute atomic E-state index is 0.326. The maximum atomic E-state index is 8.44. The Labute approximate surface area is 62.1 Å². The van der Waals surface area contributed by atoms with Gasteiger partial charge in [-0.2, -0.15) is 15.8 Å². The third-order valence-corrected chi connectivity index (χ3v) is 1.71. The molecule has 2 atom stereocenters. The lowest BCUT2D eigenvalue weighted by Gasteiger charge is -2.11. The molecule has 0 amide bonds. The quantitative estimate of drug-likeness (QED) is 0.520. The summed E-state index contributed by atoms with van der Waals surface area (Å²) in [5, 5.41) is 25.3. The summed E-state index contributed by atoms with van der Waals surface area (Å²) in [4.78, 5) is 0. The minimum Gasteiger partial charge on any atom is -0.195 e. The lowest BCUT2D eigenvalue weighted by molar-refractivity contribution is 0.667. The highest BCUT2D eigenvalue weighted by Gasteiger charge is 2.34. The van der Waals surface area contributed by atoms with E-state index in [0.717, 1.165) is 0 Å². The Morgan fingerprint density at radius 2 is 1.50 bits per heavy atom. The van der Waals surface area contributed by atoms with Gasteiger partial charge in [0.25, 0.3) is 0 Å². The van der Waals surface area contributed by atoms with Crippen LogP contribution in [0.25, 0.3) is 0 Å². The summed E-state index contributed by atoms with van der Waals surface area (Å²) in [6.45, 7) is 1.64. The van der Waals surface area contributed by atoms with E-state index in [2.05, 4.69) is 9.24 Å². The van der Waals surface area contributed by atoms with Crippen molar-refractivity contribution < 1.29 is 0 Å². The van der Waals surface area contributed by atoms with Crippen molar-refractivity contribution in [2.45, 2.75) is 12.6 Å². The molecule has 0 aliphatic heterocycles. The van der Waals surface area contributed by atoms with Crippen LogP contribution in [0, 0.1) is 39.4 Å². The van der Waals surface area contributed by atoms with Crippen molar-refractivity contribution in [1.29, 1.82) is 15.8 Å². The first kappa shape index (κ1) is 8.90. The smallest absolute Gasteiger partial charge is 0.195 e. The Kier molecular flexibility index (Phi) is 2.82. The summed E-state index contributed by atoms with van der Waals surface area (Å²) >= 11 is 0. The van der Waals surface area contributed by atoms with Crippen molar-refractivity contribution in [1.82, 2.24) is 0 Å². The zero-order valence-corrected chi connectivity index (χ0v) is 6.65. The Balaban J connectivity index is 4.81. The van der Waals surface area contributed by atoms with E-state index in [9.17, 15) is 0 Å². The molecule has 0 aliphatic rings. The highest BCUT2D eigenvalue weighted by Crippen LogP contribution is 2.24. The summed E-state index contributed by atoms with van der Waals surface area (Å²) in [6.07, 6.45) is 0. The molecule has 0 saturated heterocycles. The Morgan fingerprint density at radius 1 is 1.20 bits per heavy atom. The zero-order valence-electron chi connectivity index (χ0n) is 5.50. The van der Waals surface area contributed by atoms with Crippen molar-refractivity contribution in [3.05, 3.63) is 0 Å². The van der Waals surface area contributed by atoms with Gasteiger partial charge in [0.05, 0.1) is 0 Å². The van der Waals surface area contributed by atoms with Gasteiger partial charge < -0.3 is 0 Å². The maximum Gasteiger partial charge on any atom is 0.234 e. The molecular weight excluding hydrogens is 145 g/mol. The molecule has 0 heterocycles. The molecule has 0 fully saturated rings. The molecule has 0 rings (SSSR count). The number of hydrogen-bond donors (Lipinski definition) is 0. The second-order valence-corrected chi connectivity index (χ2v) is 2.93. The predicted octanol–water partition coefficient (Wildman–Crippen LogP) is 0.807. The number of hydrogen-bond acceptors (Lipinski definition) is 3. The molecule has 0 aromatic heterocycles. The SMILES string of the molecule is CC(P)C(C#N)(C#N)C#N. The molecule has 3 nitrogen and oxygen atoms in total. The summed E-state index contributed by atoms with van der Waals surface area (Å²) in [5.41, 5.74) is -1.82. The van der Waals surface area contributed by atoms with Crippen molar-refractivity contribution in [2.24, 2.45) is 5.41 Å². The summed E-state index contributed by atoms with van der Waals surface area (Å²) < 4.78 is 0. The van der Waals surface area contributed by atoms with E-state index in [4.69, 9.17) is 15.8 Å². The van der Waals surface area contributed by atoms with Gasteiger partial charge in [-0.1, -0.05) is 6.92 Å². The fraction of sp³-hybridized carbons (Fsp3) is 0.500. The van der Waals surface area contributed by atoms with Gasteiger partial charge in [-0.25, -0.2) is 0 Å². The maximum absolute atomic E-state index is 8.44. The lowest BCUT2D eigenvalue weighted by Crippen LogP contribution is -2.23. The van der Waals surface area contributed by atoms with Crippen molar-refractivity contribution in [3.8, 4) is 18.2 Å². The third kappa shape index (κ3) is 1.24. The summed E-state index contributed by atoms with van der Waals surface area (Å²) in [6, 6.07) is 5.01. The Bertz CT molecular complexity index is 201. The number of nitriles is 3. The fourth-order valence-corrected chi connectivity index (χ4v) is 0.604. The molecule has 50 valence electrons. The molecular formula is C6H6N3P. The van der Waals surface area contributed by atoms with Gasteiger partial charge in [-0.3, -0.25) is 0 Å². The van der Waals surface area contributed by atoms with Crippen LogP contribution >= 0.6 is 9.24 Å². The fourth-order valence-electron chi connectivity index (χ4n) is 0.380. The van der Waals surface area contributed by atoms with E-state index in [-0.39, 0.29) is 5.66 Å². The predicted molar refractivity (Wildman–Crippen MR) is 38.4 cm³/mol. The van der Waals surface area contributed by atoms with Gasteiger partial charge in [0.15, 0.2) is 0 Å². The molecule has 0 N–H and O–H groups in total. The average Bonchev–Trinajstić information content (AvgIpc) is 1.92. The van der Waals surface area contributed by atoms with Crippen LogP contribution in [0.2, 0.25) is 0 Å². The molecule has 0 bridgehead atoms. The number of nitrogens with zero attached hydrogens (tertiary/aromatic N) is 3. The molecule has 0 spiro atoms. The van der Waals surface area contributed by atoms with Crippen LogP contribution in [0.3, 0.4) is 0 Å². The van der Waals surface area contributed by atoms with Crippen LogP contribution < -0.4 is 0 Å². The van der Waals surface area contributed by atoms with Gasteiger partial charge in [-0.15, -0.1) is 9.24 Å². The third-order valence-electron chi connectivity index (χ3n) is 1.21. The van der Waals surface area contributed by atoms with Crippen LogP contribution in [0.5, 0.6) is 0 Å². The van der Waals surface area contributed by atoms with Gasteiger partial charge in [0.2, 0.25) is 5.41 Å². The van der Waals surface area contributed by atoms with Gasteiger partial charge >= 0.3 is 0 Å². The molecule has 4 heteroatoms. The molecule has 0 aliphatic carbocycles. The van der Waals surface area contributed by atoms with Crippen molar-refractivity contribution in [2.75, 3.05) is 0 Å². The number of rotatable bonds is 1. The molecule has 0 aromatic rings. The summed E-state index contributed by atoms with van der Waals surface area (Å²) in [7, 11) is 2.27. The first-order chi connectivity index (χ1) is 4.63. The van der Waals surface area contributed by atoms with Crippen molar-refractivity contribution >= 4 is 9.24 Å². The molecule has 10 heavy (non-hydrogen) atoms. The first-order valence-corrected chi connectivity index (χ1v) is 3.29. The second-order valence-electron chi connectivity index (χ2n) is 1.93. The molecule has 0 aromatic carbocycles. The van der Waals surface area contributed by atoms with Gasteiger partial charge in [0.1, 0.15) is 18.2 Å². The van der Waals surface area contributed by atoms with Crippen LogP contribution in [0.4, 0.5) is 0 Å². The topological polar surface area (TPSA) is 71.4 Å². The Hall–Kier alpha value is -1.10. The van der Waals surface area contributed by atoms with Crippen LogP contribution in [0.1, 0.15) is 6.92 Å². The van der Waals surface area contributed by atoms with Crippen LogP contribution in [-0.2, 0) is 0 Å². The van der Waals surface area contributed by atoms with Gasteiger partial charge in [-0.05, 0) is 0 Å². The normalized spacial score (nSPS) is 12.3. The Morgan fingerprint density at radius 3 is 1.50 bits per heavy atom.